The summed E-state index contributed by atoms with van der Waals surface area (Å²) in [6, 6.07) is 14.6. The van der Waals surface area contributed by atoms with Gasteiger partial charge >= 0.3 is 0 Å². The summed E-state index contributed by atoms with van der Waals surface area (Å²) in [7, 11) is 0. The Morgan fingerprint density at radius 2 is 1.94 bits per heavy atom. The number of alkyl halides is 1. The molecule has 6 atom stereocenters. The van der Waals surface area contributed by atoms with Gasteiger partial charge in [0.25, 0.3) is 0 Å². The molecular formula is C31H41FINO. The minimum atomic E-state index is -0.0885. The second kappa shape index (κ2) is 11.6. The number of likely N-dealkylation sites (tertiary alicyclic amines) is 1. The van der Waals surface area contributed by atoms with E-state index in [0.29, 0.717) is 35.9 Å². The Hall–Kier alpha value is -0.980. The van der Waals surface area contributed by atoms with E-state index in [1.807, 2.05) is 12.1 Å². The molecule has 0 spiro atoms. The van der Waals surface area contributed by atoms with E-state index >= 15 is 0 Å². The maximum Gasteiger partial charge on any atom is 0.123 e. The summed E-state index contributed by atoms with van der Waals surface area (Å²) in [4.78, 5) is 2.71. The Labute approximate surface area is 225 Å². The number of unbranched alkanes of at least 4 members (excludes halogenated alkanes) is 1. The number of piperidine rings is 1. The lowest BCUT2D eigenvalue weighted by Gasteiger charge is -2.37. The minimum absolute atomic E-state index is 0.0885. The van der Waals surface area contributed by atoms with Crippen LogP contribution in [-0.4, -0.2) is 41.2 Å². The van der Waals surface area contributed by atoms with Crippen molar-refractivity contribution in [3.8, 4) is 0 Å². The van der Waals surface area contributed by atoms with Crippen LogP contribution in [0.5, 0.6) is 0 Å². The van der Waals surface area contributed by atoms with E-state index in [0.717, 1.165) is 30.4 Å². The van der Waals surface area contributed by atoms with Crippen LogP contribution in [0.25, 0.3) is 0 Å². The molecule has 0 N–H and O–H groups in total. The zero-order valence-corrected chi connectivity index (χ0v) is 23.6. The van der Waals surface area contributed by atoms with Gasteiger partial charge in [0.2, 0.25) is 0 Å². The molecule has 2 nitrogen and oxygen atoms in total. The molecule has 5 unspecified atom stereocenters. The van der Waals surface area contributed by atoms with Crippen LogP contribution in [0.4, 0.5) is 4.39 Å². The lowest BCUT2D eigenvalue weighted by atomic mass is 9.74. The van der Waals surface area contributed by atoms with Crippen LogP contribution in [0, 0.1) is 17.7 Å². The number of halogens is 2. The van der Waals surface area contributed by atoms with Crippen LogP contribution in [0.15, 0.2) is 42.5 Å². The highest BCUT2D eigenvalue weighted by Crippen LogP contribution is 2.46. The van der Waals surface area contributed by atoms with E-state index in [1.165, 1.54) is 60.9 Å². The predicted molar refractivity (Wildman–Crippen MR) is 151 cm³/mol. The number of benzene rings is 2. The monoisotopic (exact) mass is 589 g/mol. The molecule has 2 aliphatic heterocycles. The van der Waals surface area contributed by atoms with Crippen LogP contribution in [-0.2, 0) is 11.2 Å². The SMILES string of the molecule is CCCCC1c2cc(F)ccc2Cc2ccccc2[C@H]1CC(C)CN1CCC2OC(CI)CC2C1. The lowest BCUT2D eigenvalue weighted by molar-refractivity contribution is 0.00672. The number of nitrogens with zero attached hydrogens (tertiary/aromatic N) is 1. The molecule has 3 aliphatic rings. The van der Waals surface area contributed by atoms with Crippen LogP contribution < -0.4 is 0 Å². The van der Waals surface area contributed by atoms with Crippen molar-refractivity contribution in [3.05, 3.63) is 70.5 Å². The van der Waals surface area contributed by atoms with Gasteiger partial charge < -0.3 is 9.64 Å². The van der Waals surface area contributed by atoms with Crippen molar-refractivity contribution in [1.82, 2.24) is 4.90 Å². The van der Waals surface area contributed by atoms with Gasteiger partial charge in [-0.05, 0) is 84.2 Å². The Kier molecular flexibility index (Phi) is 8.51. The van der Waals surface area contributed by atoms with Crippen molar-refractivity contribution in [1.29, 1.82) is 0 Å². The summed E-state index contributed by atoms with van der Waals surface area (Å²) >= 11 is 2.47. The van der Waals surface area contributed by atoms with Crippen LogP contribution in [0.2, 0.25) is 0 Å². The van der Waals surface area contributed by atoms with Crippen molar-refractivity contribution in [3.63, 3.8) is 0 Å². The lowest BCUT2D eigenvalue weighted by Crippen LogP contribution is -2.43. The Morgan fingerprint density at radius 3 is 2.77 bits per heavy atom. The summed E-state index contributed by atoms with van der Waals surface area (Å²) in [5, 5.41) is 0. The fourth-order valence-electron chi connectivity index (χ4n) is 7.19. The largest absolute Gasteiger partial charge is 0.374 e. The van der Waals surface area contributed by atoms with E-state index in [9.17, 15) is 4.39 Å². The van der Waals surface area contributed by atoms with Gasteiger partial charge in [-0.2, -0.15) is 0 Å². The predicted octanol–water partition coefficient (Wildman–Crippen LogP) is 7.73. The van der Waals surface area contributed by atoms with Gasteiger partial charge in [0.1, 0.15) is 5.82 Å². The Balaban J connectivity index is 1.36. The molecule has 2 aromatic carbocycles. The van der Waals surface area contributed by atoms with E-state index in [-0.39, 0.29) is 5.82 Å². The van der Waals surface area contributed by atoms with Crippen molar-refractivity contribution in [2.24, 2.45) is 11.8 Å². The molecule has 0 radical (unpaired) electrons. The van der Waals surface area contributed by atoms with Crippen molar-refractivity contribution in [2.75, 3.05) is 24.1 Å². The molecule has 0 aromatic heterocycles. The third-order valence-electron chi connectivity index (χ3n) is 8.78. The number of hydrogen-bond donors (Lipinski definition) is 0. The van der Waals surface area contributed by atoms with E-state index in [4.69, 9.17) is 4.74 Å². The zero-order valence-electron chi connectivity index (χ0n) is 21.4. The third-order valence-corrected chi connectivity index (χ3v) is 9.76. The fraction of sp³-hybridized carbons (Fsp3) is 0.613. The number of rotatable bonds is 8. The maximum atomic E-state index is 14.5. The highest BCUT2D eigenvalue weighted by Gasteiger charge is 2.39. The second-order valence-corrected chi connectivity index (χ2v) is 12.3. The van der Waals surface area contributed by atoms with Gasteiger partial charge in [-0.15, -0.1) is 0 Å². The molecule has 0 saturated carbocycles. The van der Waals surface area contributed by atoms with Gasteiger partial charge in [-0.25, -0.2) is 4.39 Å². The first-order valence-corrected chi connectivity index (χ1v) is 15.4. The molecule has 5 rings (SSSR count). The van der Waals surface area contributed by atoms with Gasteiger partial charge in [0, 0.05) is 30.0 Å². The Morgan fingerprint density at radius 1 is 1.11 bits per heavy atom. The summed E-state index contributed by atoms with van der Waals surface area (Å²) < 4.78 is 21.9. The topological polar surface area (TPSA) is 12.5 Å². The van der Waals surface area contributed by atoms with E-state index in [2.05, 4.69) is 65.6 Å². The smallest absolute Gasteiger partial charge is 0.123 e. The average Bonchev–Trinajstić information content (AvgIpc) is 3.22. The first-order valence-electron chi connectivity index (χ1n) is 13.9. The molecule has 2 aromatic rings. The fourth-order valence-corrected chi connectivity index (χ4v) is 7.75. The first kappa shape index (κ1) is 25.7. The zero-order chi connectivity index (χ0) is 24.4. The molecule has 190 valence electrons. The van der Waals surface area contributed by atoms with Crippen molar-refractivity contribution >= 4 is 22.6 Å². The van der Waals surface area contributed by atoms with Crippen LogP contribution in [0.3, 0.4) is 0 Å². The van der Waals surface area contributed by atoms with Gasteiger partial charge in [0.15, 0.2) is 0 Å². The van der Waals surface area contributed by atoms with E-state index < -0.39 is 0 Å². The summed E-state index contributed by atoms with van der Waals surface area (Å²) in [5.41, 5.74) is 5.53. The number of fused-ring (bicyclic) bond motifs is 3. The average molecular weight is 590 g/mol. The minimum Gasteiger partial charge on any atom is -0.374 e. The summed E-state index contributed by atoms with van der Waals surface area (Å²) in [6.07, 6.45) is 8.97. The highest BCUT2D eigenvalue weighted by molar-refractivity contribution is 14.1. The second-order valence-electron chi connectivity index (χ2n) is 11.4. The molecule has 2 saturated heterocycles. The van der Waals surface area contributed by atoms with E-state index in [1.54, 1.807) is 6.07 Å². The molecule has 2 heterocycles. The van der Waals surface area contributed by atoms with Crippen molar-refractivity contribution in [2.45, 2.75) is 82.8 Å². The standard InChI is InChI=1S/C31H41FINO/c1-3-4-8-28-29-17-25(32)11-10-23(29)15-22-7-5-6-9-27(22)30(28)14-21(2)19-34-13-12-31-24(20-34)16-26(18-33)35-31/h5-7,9-11,17,21,24,26,28,30-31H,3-4,8,12-16,18-20H2,1-2H3/t21?,24?,26?,28?,30-,31?/m1/s1. The molecule has 1 aliphatic carbocycles. The highest BCUT2D eigenvalue weighted by atomic mass is 127. The van der Waals surface area contributed by atoms with Gasteiger partial charge in [-0.3, -0.25) is 0 Å². The van der Waals surface area contributed by atoms with Crippen LogP contribution >= 0.6 is 22.6 Å². The maximum absolute atomic E-state index is 14.5. The van der Waals surface area contributed by atoms with Gasteiger partial charge in [0.05, 0.1) is 12.2 Å². The third kappa shape index (κ3) is 5.80. The molecule has 35 heavy (non-hydrogen) atoms. The molecule has 4 heteroatoms. The number of hydrogen-bond acceptors (Lipinski definition) is 2. The van der Waals surface area contributed by atoms with Crippen LogP contribution in [0.1, 0.15) is 86.5 Å². The molecular weight excluding hydrogens is 548 g/mol. The quantitative estimate of drug-likeness (QED) is 0.231. The van der Waals surface area contributed by atoms with Crippen molar-refractivity contribution < 1.29 is 9.13 Å². The summed E-state index contributed by atoms with van der Waals surface area (Å²) in [5.74, 6) is 2.07. The first-order chi connectivity index (χ1) is 17.1. The normalized spacial score (nSPS) is 29.2. The molecule has 2 fully saturated rings. The number of ether oxygens (including phenoxy) is 1. The molecule has 0 bridgehead atoms. The molecule has 0 amide bonds. The summed E-state index contributed by atoms with van der Waals surface area (Å²) in [6.45, 7) is 8.23. The van der Waals surface area contributed by atoms with Gasteiger partial charge in [-0.1, -0.05) is 79.6 Å². The Bertz CT molecular complexity index is 996.